The van der Waals surface area contributed by atoms with E-state index in [2.05, 4.69) is 13.8 Å². The topological polar surface area (TPSA) is 0 Å². The normalized spacial score (nSPS) is 9.00. The third kappa shape index (κ3) is 13.9. The minimum atomic E-state index is 0.963. The van der Waals surface area contributed by atoms with E-state index in [1.807, 2.05) is 0 Å². The number of rotatable bonds is 0. The Hall–Kier alpha value is 0.818. The molecule has 0 saturated heterocycles. The van der Waals surface area contributed by atoms with Gasteiger partial charge in [0.25, 0.3) is 0 Å². The van der Waals surface area contributed by atoms with Crippen molar-refractivity contribution < 1.29 is 0 Å². The minimum absolute atomic E-state index is 0.963. The first-order chi connectivity index (χ1) is 1.73. The molecule has 26 valence electrons. The van der Waals surface area contributed by atoms with Crippen LogP contribution in [-0.4, -0.2) is 23.0 Å². The van der Waals surface area contributed by atoms with Crippen LogP contribution in [0.25, 0.3) is 0 Å². The van der Waals surface area contributed by atoms with Gasteiger partial charge in [-0.25, -0.2) is 0 Å². The molecule has 0 aliphatic rings. The Kier molecular flexibility index (Phi) is 2.51. The van der Waals surface area contributed by atoms with E-state index in [0.29, 0.717) is 0 Å². The van der Waals surface area contributed by atoms with Gasteiger partial charge in [0, 0.05) is 0 Å². The maximum absolute atomic E-state index is 2.22. The quantitative estimate of drug-likeness (QED) is 0.459. The predicted octanol–water partition coefficient (Wildman–Crippen LogP) is 0.448. The van der Waals surface area contributed by atoms with Crippen LogP contribution in [0.15, 0.2) is 0 Å². The first-order valence-corrected chi connectivity index (χ1v) is 3.39. The van der Waals surface area contributed by atoms with E-state index < -0.39 is 0 Å². The SMILES string of the molecule is C[CH](C)[SbH2]. The van der Waals surface area contributed by atoms with Crippen LogP contribution in [0, 0.1) is 0 Å². The predicted molar refractivity (Wildman–Crippen MR) is 23.6 cm³/mol. The molecule has 0 rings (SSSR count). The standard InChI is InChI=1S/C3H7.Sb.2H/c1-3-2;;;/h3H,1-2H3;;;. The van der Waals surface area contributed by atoms with Gasteiger partial charge in [0.2, 0.25) is 0 Å². The molecule has 0 aromatic heterocycles. The van der Waals surface area contributed by atoms with Gasteiger partial charge in [0.15, 0.2) is 0 Å². The van der Waals surface area contributed by atoms with Crippen LogP contribution >= 0.6 is 0 Å². The van der Waals surface area contributed by atoms with Gasteiger partial charge in [-0.05, 0) is 0 Å². The van der Waals surface area contributed by atoms with Crippen molar-refractivity contribution in [2.75, 3.05) is 0 Å². The molecular formula is C3H9Sb. The van der Waals surface area contributed by atoms with E-state index in [-0.39, 0.29) is 0 Å². The van der Waals surface area contributed by atoms with Crippen LogP contribution in [0.5, 0.6) is 0 Å². The van der Waals surface area contributed by atoms with Gasteiger partial charge in [0.1, 0.15) is 0 Å². The van der Waals surface area contributed by atoms with Gasteiger partial charge in [-0.3, -0.25) is 0 Å². The van der Waals surface area contributed by atoms with Gasteiger partial charge in [-0.15, -0.1) is 0 Å². The second-order valence-electron chi connectivity index (χ2n) is 1.24. The summed E-state index contributed by atoms with van der Waals surface area (Å²) in [7, 11) is 0. The Bertz CT molecular complexity index is 8.00. The Morgan fingerprint density at radius 3 is 1.50 bits per heavy atom. The fraction of sp³-hybridized carbons (Fsp3) is 1.00. The van der Waals surface area contributed by atoms with Crippen molar-refractivity contribution in [3.8, 4) is 0 Å². The molecule has 0 nitrogen and oxygen atoms in total. The van der Waals surface area contributed by atoms with Crippen molar-refractivity contribution in [2.24, 2.45) is 0 Å². The summed E-state index contributed by atoms with van der Waals surface area (Å²) in [5.74, 6) is 0. The van der Waals surface area contributed by atoms with Gasteiger partial charge >= 0.3 is 40.7 Å². The average molecular weight is 167 g/mol. The zero-order chi connectivity index (χ0) is 3.58. The monoisotopic (exact) mass is 166 g/mol. The molecule has 0 aliphatic carbocycles. The zero-order valence-electron chi connectivity index (χ0n) is 3.15. The fourth-order valence-electron chi connectivity index (χ4n) is 0. The summed E-state index contributed by atoms with van der Waals surface area (Å²) < 4.78 is 0.963. The van der Waals surface area contributed by atoms with E-state index in [1.165, 1.54) is 23.0 Å². The first kappa shape index (κ1) is 4.82. The first-order valence-electron chi connectivity index (χ1n) is 1.49. The molecule has 0 spiro atoms. The van der Waals surface area contributed by atoms with Crippen LogP contribution in [0.4, 0.5) is 0 Å². The molecule has 0 unspecified atom stereocenters. The molecule has 0 aliphatic heterocycles. The van der Waals surface area contributed by atoms with Crippen molar-refractivity contribution in [2.45, 2.75) is 17.7 Å². The van der Waals surface area contributed by atoms with Crippen molar-refractivity contribution >= 4 is 23.0 Å². The number of hydrogen-bond donors (Lipinski definition) is 0. The molecule has 0 aromatic rings. The van der Waals surface area contributed by atoms with Gasteiger partial charge < -0.3 is 0 Å². The summed E-state index contributed by atoms with van der Waals surface area (Å²) in [4.78, 5) is 0. The summed E-state index contributed by atoms with van der Waals surface area (Å²) in [6.07, 6.45) is 0. The zero-order valence-corrected chi connectivity index (χ0v) is 6.45. The van der Waals surface area contributed by atoms with Crippen LogP contribution in [-0.2, 0) is 0 Å². The second kappa shape index (κ2) is 2.08. The van der Waals surface area contributed by atoms with Crippen molar-refractivity contribution in [3.63, 3.8) is 0 Å². The summed E-state index contributed by atoms with van der Waals surface area (Å²) in [6.45, 7) is 4.45. The molecule has 0 atom stereocenters. The maximum atomic E-state index is 2.22. The van der Waals surface area contributed by atoms with Crippen molar-refractivity contribution in [1.29, 1.82) is 0 Å². The summed E-state index contributed by atoms with van der Waals surface area (Å²) in [5.41, 5.74) is 0. The van der Waals surface area contributed by atoms with Crippen LogP contribution in [0.1, 0.15) is 13.8 Å². The van der Waals surface area contributed by atoms with Gasteiger partial charge in [-0.2, -0.15) is 0 Å². The van der Waals surface area contributed by atoms with E-state index in [9.17, 15) is 0 Å². The molecule has 0 aromatic carbocycles. The van der Waals surface area contributed by atoms with Gasteiger partial charge in [-0.1, -0.05) is 0 Å². The average Bonchev–Trinajstić information content (AvgIpc) is 0.811. The molecule has 0 N–H and O–H groups in total. The molecule has 0 saturated carbocycles. The van der Waals surface area contributed by atoms with Crippen LogP contribution in [0.3, 0.4) is 0 Å². The number of hydrogen-bond acceptors (Lipinski definition) is 0. The Labute approximate surface area is 41.1 Å². The van der Waals surface area contributed by atoms with Crippen LogP contribution in [0.2, 0.25) is 3.86 Å². The van der Waals surface area contributed by atoms with E-state index in [0.717, 1.165) is 3.86 Å². The van der Waals surface area contributed by atoms with Gasteiger partial charge in [0.05, 0.1) is 0 Å². The summed E-state index contributed by atoms with van der Waals surface area (Å²) in [6, 6.07) is 0. The molecular weight excluding hydrogens is 158 g/mol. The summed E-state index contributed by atoms with van der Waals surface area (Å²) in [5, 5.41) is 0. The molecule has 1 heteroatoms. The van der Waals surface area contributed by atoms with Crippen molar-refractivity contribution in [3.05, 3.63) is 0 Å². The third-order valence-corrected chi connectivity index (χ3v) is 0. The molecule has 0 fully saturated rings. The van der Waals surface area contributed by atoms with Crippen molar-refractivity contribution in [1.82, 2.24) is 0 Å². The Morgan fingerprint density at radius 1 is 1.50 bits per heavy atom. The molecule has 0 amide bonds. The Balaban J connectivity index is 2.32. The summed E-state index contributed by atoms with van der Waals surface area (Å²) >= 11 is 1.40. The third-order valence-electron chi connectivity index (χ3n) is 0. The van der Waals surface area contributed by atoms with E-state index in [1.54, 1.807) is 0 Å². The van der Waals surface area contributed by atoms with E-state index >= 15 is 0 Å². The van der Waals surface area contributed by atoms with Crippen LogP contribution < -0.4 is 0 Å². The fourth-order valence-corrected chi connectivity index (χ4v) is 0. The van der Waals surface area contributed by atoms with E-state index in [4.69, 9.17) is 0 Å². The Morgan fingerprint density at radius 2 is 1.50 bits per heavy atom. The molecule has 0 bridgehead atoms. The second-order valence-corrected chi connectivity index (χ2v) is 5.05. The molecule has 4 heavy (non-hydrogen) atoms. The molecule has 0 radical (unpaired) electrons. The molecule has 0 heterocycles.